The summed E-state index contributed by atoms with van der Waals surface area (Å²) >= 11 is 0. The summed E-state index contributed by atoms with van der Waals surface area (Å²) in [7, 11) is 0. The molecule has 0 bridgehead atoms. The van der Waals surface area contributed by atoms with Crippen molar-refractivity contribution in [3.63, 3.8) is 0 Å². The lowest BCUT2D eigenvalue weighted by Gasteiger charge is -2.34. The molecule has 1 atom stereocenters. The molecule has 1 unspecified atom stereocenters. The first-order valence-corrected chi connectivity index (χ1v) is 7.52. The van der Waals surface area contributed by atoms with Crippen LogP contribution in [0.5, 0.6) is 0 Å². The fourth-order valence-electron chi connectivity index (χ4n) is 2.82. The zero-order valence-corrected chi connectivity index (χ0v) is 12.4. The number of nitrogens with zero attached hydrogens (tertiary/aromatic N) is 3. The number of hydrogen-bond donors (Lipinski definition) is 2. The van der Waals surface area contributed by atoms with E-state index in [9.17, 15) is 5.11 Å². The smallest absolute Gasteiger partial charge is 0.132 e. The average Bonchev–Trinajstić information content (AvgIpc) is 2.46. The van der Waals surface area contributed by atoms with Crippen LogP contribution in [0.3, 0.4) is 0 Å². The van der Waals surface area contributed by atoms with Gasteiger partial charge in [0, 0.05) is 24.8 Å². The number of aliphatic hydroxyl groups is 2. The maximum atomic E-state index is 9.70. The van der Waals surface area contributed by atoms with Gasteiger partial charge in [0.25, 0.3) is 0 Å². The molecule has 1 fully saturated rings. The Kier molecular flexibility index (Phi) is 5.31. The van der Waals surface area contributed by atoms with Crippen molar-refractivity contribution in [2.24, 2.45) is 5.92 Å². The Morgan fingerprint density at radius 1 is 1.35 bits per heavy atom. The number of aromatic nitrogens is 2. The van der Waals surface area contributed by atoms with Crippen LogP contribution in [-0.4, -0.2) is 46.0 Å². The maximum Gasteiger partial charge on any atom is 0.132 e. The van der Waals surface area contributed by atoms with E-state index >= 15 is 0 Å². The van der Waals surface area contributed by atoms with E-state index in [1.807, 2.05) is 6.92 Å². The van der Waals surface area contributed by atoms with Gasteiger partial charge in [0.1, 0.15) is 11.6 Å². The zero-order valence-electron chi connectivity index (χ0n) is 12.4. The van der Waals surface area contributed by atoms with Gasteiger partial charge in [-0.05, 0) is 32.1 Å². The molecule has 0 aliphatic carbocycles. The van der Waals surface area contributed by atoms with Gasteiger partial charge in [-0.25, -0.2) is 9.97 Å². The molecule has 1 saturated heterocycles. The van der Waals surface area contributed by atoms with E-state index in [-0.39, 0.29) is 12.5 Å². The first-order valence-electron chi connectivity index (χ1n) is 7.52. The molecule has 1 aromatic rings. The molecule has 20 heavy (non-hydrogen) atoms. The minimum absolute atomic E-state index is 0.141. The lowest BCUT2D eigenvalue weighted by atomic mass is 9.91. The van der Waals surface area contributed by atoms with Crippen molar-refractivity contribution in [3.8, 4) is 0 Å². The van der Waals surface area contributed by atoms with Crippen molar-refractivity contribution in [3.05, 3.63) is 17.6 Å². The molecule has 2 rings (SSSR count). The van der Waals surface area contributed by atoms with Crippen molar-refractivity contribution in [1.29, 1.82) is 0 Å². The number of aliphatic hydroxyl groups excluding tert-OH is 2. The average molecular weight is 279 g/mol. The van der Waals surface area contributed by atoms with Crippen molar-refractivity contribution in [2.45, 2.75) is 45.6 Å². The SMILES string of the molecule is CCCc1cc(N2CCC(C(O)CO)CC2)nc(C)n1. The number of piperidine rings is 1. The van der Waals surface area contributed by atoms with Crippen LogP contribution in [0, 0.1) is 12.8 Å². The van der Waals surface area contributed by atoms with Gasteiger partial charge in [0.2, 0.25) is 0 Å². The van der Waals surface area contributed by atoms with E-state index in [0.717, 1.165) is 56.1 Å². The molecule has 0 amide bonds. The van der Waals surface area contributed by atoms with Crippen molar-refractivity contribution >= 4 is 5.82 Å². The van der Waals surface area contributed by atoms with Gasteiger partial charge >= 0.3 is 0 Å². The van der Waals surface area contributed by atoms with Gasteiger partial charge in [-0.2, -0.15) is 0 Å². The lowest BCUT2D eigenvalue weighted by Crippen LogP contribution is -2.39. The Labute approximate surface area is 120 Å². The second kappa shape index (κ2) is 6.99. The molecular formula is C15H25N3O2. The quantitative estimate of drug-likeness (QED) is 0.850. The van der Waals surface area contributed by atoms with Gasteiger partial charge < -0.3 is 15.1 Å². The summed E-state index contributed by atoms with van der Waals surface area (Å²) in [5.74, 6) is 2.02. The van der Waals surface area contributed by atoms with Crippen molar-refractivity contribution in [2.75, 3.05) is 24.6 Å². The summed E-state index contributed by atoms with van der Waals surface area (Å²) in [6.45, 7) is 5.70. The molecule has 112 valence electrons. The van der Waals surface area contributed by atoms with Gasteiger partial charge in [-0.1, -0.05) is 13.3 Å². The highest BCUT2D eigenvalue weighted by Crippen LogP contribution is 2.24. The van der Waals surface area contributed by atoms with E-state index in [0.29, 0.717) is 0 Å². The lowest BCUT2D eigenvalue weighted by molar-refractivity contribution is 0.0376. The van der Waals surface area contributed by atoms with Gasteiger partial charge in [0.15, 0.2) is 0 Å². The molecule has 0 spiro atoms. The van der Waals surface area contributed by atoms with E-state index in [2.05, 4.69) is 27.9 Å². The maximum absolute atomic E-state index is 9.70. The van der Waals surface area contributed by atoms with Crippen LogP contribution >= 0.6 is 0 Å². The number of anilines is 1. The monoisotopic (exact) mass is 279 g/mol. The fraction of sp³-hybridized carbons (Fsp3) is 0.733. The third-order valence-electron chi connectivity index (χ3n) is 3.98. The molecule has 2 N–H and O–H groups in total. The van der Waals surface area contributed by atoms with E-state index < -0.39 is 6.10 Å². The van der Waals surface area contributed by atoms with Crippen LogP contribution in [-0.2, 0) is 6.42 Å². The Hall–Kier alpha value is -1.20. The van der Waals surface area contributed by atoms with Crippen LogP contribution in [0.2, 0.25) is 0 Å². The predicted molar refractivity (Wildman–Crippen MR) is 78.8 cm³/mol. The summed E-state index contributed by atoms with van der Waals surface area (Å²) < 4.78 is 0. The van der Waals surface area contributed by atoms with E-state index in [4.69, 9.17) is 5.11 Å². The first kappa shape index (κ1) is 15.2. The summed E-state index contributed by atoms with van der Waals surface area (Å²) in [6, 6.07) is 2.08. The fourth-order valence-corrected chi connectivity index (χ4v) is 2.82. The highest BCUT2D eigenvalue weighted by molar-refractivity contribution is 5.40. The third-order valence-corrected chi connectivity index (χ3v) is 3.98. The first-order chi connectivity index (χ1) is 9.63. The predicted octanol–water partition coefficient (Wildman–Crippen LogP) is 1.31. The van der Waals surface area contributed by atoms with Gasteiger partial charge in [0.05, 0.1) is 12.7 Å². The van der Waals surface area contributed by atoms with Crippen LogP contribution in [0.15, 0.2) is 6.07 Å². The molecule has 5 nitrogen and oxygen atoms in total. The van der Waals surface area contributed by atoms with Crippen molar-refractivity contribution in [1.82, 2.24) is 9.97 Å². The van der Waals surface area contributed by atoms with Gasteiger partial charge in [-0.15, -0.1) is 0 Å². The van der Waals surface area contributed by atoms with E-state index in [1.54, 1.807) is 0 Å². The minimum atomic E-state index is -0.583. The number of aryl methyl sites for hydroxylation is 2. The second-order valence-corrected chi connectivity index (χ2v) is 5.59. The molecule has 1 aliphatic rings. The molecule has 0 aromatic carbocycles. The minimum Gasteiger partial charge on any atom is -0.394 e. The summed E-state index contributed by atoms with van der Waals surface area (Å²) in [6.07, 6.45) is 3.28. The molecule has 0 radical (unpaired) electrons. The Bertz CT molecular complexity index is 431. The molecular weight excluding hydrogens is 254 g/mol. The Morgan fingerprint density at radius 3 is 2.65 bits per heavy atom. The Morgan fingerprint density at radius 2 is 2.05 bits per heavy atom. The third kappa shape index (κ3) is 3.67. The molecule has 1 aromatic heterocycles. The molecule has 2 heterocycles. The van der Waals surface area contributed by atoms with E-state index in [1.165, 1.54) is 0 Å². The standard InChI is InChI=1S/C15H25N3O2/c1-3-4-13-9-15(17-11(2)16-13)18-7-5-12(6-8-18)14(20)10-19/h9,12,14,19-20H,3-8,10H2,1-2H3. The second-order valence-electron chi connectivity index (χ2n) is 5.59. The normalized spacial score (nSPS) is 18.3. The van der Waals surface area contributed by atoms with Crippen LogP contribution in [0.1, 0.15) is 37.7 Å². The summed E-state index contributed by atoms with van der Waals surface area (Å²) in [5.41, 5.74) is 1.10. The summed E-state index contributed by atoms with van der Waals surface area (Å²) in [5, 5.41) is 18.7. The van der Waals surface area contributed by atoms with Gasteiger partial charge in [-0.3, -0.25) is 0 Å². The Balaban J connectivity index is 2.03. The van der Waals surface area contributed by atoms with Crippen LogP contribution in [0.4, 0.5) is 5.82 Å². The van der Waals surface area contributed by atoms with Crippen LogP contribution in [0.25, 0.3) is 0 Å². The zero-order chi connectivity index (χ0) is 14.5. The summed E-state index contributed by atoms with van der Waals surface area (Å²) in [4.78, 5) is 11.3. The van der Waals surface area contributed by atoms with Crippen molar-refractivity contribution < 1.29 is 10.2 Å². The highest BCUT2D eigenvalue weighted by atomic mass is 16.3. The largest absolute Gasteiger partial charge is 0.394 e. The molecule has 0 saturated carbocycles. The topological polar surface area (TPSA) is 69.5 Å². The molecule has 5 heteroatoms. The highest BCUT2D eigenvalue weighted by Gasteiger charge is 2.25. The number of rotatable bonds is 5. The van der Waals surface area contributed by atoms with Crippen LogP contribution < -0.4 is 4.90 Å². The molecule has 1 aliphatic heterocycles. The number of hydrogen-bond acceptors (Lipinski definition) is 5.